The molecule has 0 atom stereocenters. The number of nitrogens with one attached hydrogen (secondary N) is 1. The van der Waals surface area contributed by atoms with Crippen LogP contribution in [0.15, 0.2) is 60.2 Å². The summed E-state index contributed by atoms with van der Waals surface area (Å²) in [5, 5.41) is 4.98. The van der Waals surface area contributed by atoms with Gasteiger partial charge in [0.15, 0.2) is 0 Å². The summed E-state index contributed by atoms with van der Waals surface area (Å²) in [6, 6.07) is 13.6. The fourth-order valence-electron chi connectivity index (χ4n) is 3.85. The molecule has 4 rings (SSSR count). The summed E-state index contributed by atoms with van der Waals surface area (Å²) in [4.78, 5) is 28.3. The number of benzene rings is 1. The van der Waals surface area contributed by atoms with Gasteiger partial charge < -0.3 is 19.5 Å². The molecule has 0 spiro atoms. The molecule has 3 aromatic rings. The van der Waals surface area contributed by atoms with E-state index in [2.05, 4.69) is 5.32 Å². The lowest BCUT2D eigenvalue weighted by atomic mass is 9.95. The third kappa shape index (κ3) is 4.99. The van der Waals surface area contributed by atoms with Gasteiger partial charge in [0.2, 0.25) is 5.91 Å². The lowest BCUT2D eigenvalue weighted by Gasteiger charge is -2.31. The molecule has 6 nitrogen and oxygen atoms in total. The van der Waals surface area contributed by atoms with E-state index in [1.54, 1.807) is 0 Å². The molecular weight excluding hydrogens is 410 g/mol. The first-order valence-electron chi connectivity index (χ1n) is 10.6. The summed E-state index contributed by atoms with van der Waals surface area (Å²) in [6.45, 7) is 4.29. The van der Waals surface area contributed by atoms with Crippen LogP contribution in [0.5, 0.6) is 5.75 Å². The highest BCUT2D eigenvalue weighted by atomic mass is 32.1. The molecule has 0 aliphatic carbocycles. The number of ether oxygens (including phenoxy) is 1. The second kappa shape index (κ2) is 9.83. The van der Waals surface area contributed by atoms with E-state index < -0.39 is 0 Å². The van der Waals surface area contributed by atoms with E-state index in [0.717, 1.165) is 21.9 Å². The maximum absolute atomic E-state index is 13.1. The molecule has 1 N–H and O–H groups in total. The standard InChI is InChI=1S/C24H27N3O3S/c1-2-30-20-7-5-18(6-8-20)17-25-23(28)19-9-14-27(15-10-19)24(29)22-21(11-16-31-22)26-12-3-4-13-26/h3-8,11-13,16,19H,2,9-10,14-15,17H2,1H3,(H,25,28). The van der Waals surface area contributed by atoms with Gasteiger partial charge in [0.25, 0.3) is 5.91 Å². The molecule has 0 radical (unpaired) electrons. The second-order valence-electron chi connectivity index (χ2n) is 7.59. The predicted molar refractivity (Wildman–Crippen MR) is 122 cm³/mol. The molecule has 0 bridgehead atoms. The largest absolute Gasteiger partial charge is 0.494 e. The molecule has 1 aliphatic rings. The van der Waals surface area contributed by atoms with Crippen LogP contribution in [0, 0.1) is 5.92 Å². The minimum atomic E-state index is -0.0565. The van der Waals surface area contributed by atoms with Gasteiger partial charge in [0.05, 0.1) is 12.3 Å². The third-order valence-corrected chi connectivity index (χ3v) is 6.47. The van der Waals surface area contributed by atoms with Gasteiger partial charge in [-0.2, -0.15) is 0 Å². The highest BCUT2D eigenvalue weighted by Crippen LogP contribution is 2.26. The quantitative estimate of drug-likeness (QED) is 0.605. The van der Waals surface area contributed by atoms with Crippen LogP contribution >= 0.6 is 11.3 Å². The Morgan fingerprint density at radius 3 is 2.48 bits per heavy atom. The van der Waals surface area contributed by atoms with Crippen molar-refractivity contribution in [2.24, 2.45) is 5.92 Å². The summed E-state index contributed by atoms with van der Waals surface area (Å²) in [5.74, 6) is 0.886. The number of piperidine rings is 1. The lowest BCUT2D eigenvalue weighted by Crippen LogP contribution is -2.42. The normalized spacial score (nSPS) is 14.4. The highest BCUT2D eigenvalue weighted by molar-refractivity contribution is 7.12. The van der Waals surface area contributed by atoms with E-state index in [-0.39, 0.29) is 17.7 Å². The second-order valence-corrected chi connectivity index (χ2v) is 8.50. The minimum absolute atomic E-state index is 0.0481. The van der Waals surface area contributed by atoms with Crippen molar-refractivity contribution in [1.82, 2.24) is 14.8 Å². The smallest absolute Gasteiger partial charge is 0.266 e. The molecule has 2 aromatic heterocycles. The zero-order chi connectivity index (χ0) is 21.6. The molecule has 1 fully saturated rings. The van der Waals surface area contributed by atoms with E-state index in [1.165, 1.54) is 11.3 Å². The number of hydrogen-bond acceptors (Lipinski definition) is 4. The molecular formula is C24H27N3O3S. The Morgan fingerprint density at radius 2 is 1.81 bits per heavy atom. The maximum Gasteiger partial charge on any atom is 0.266 e. The number of hydrogen-bond donors (Lipinski definition) is 1. The van der Waals surface area contributed by atoms with E-state index in [1.807, 2.05) is 76.6 Å². The monoisotopic (exact) mass is 437 g/mol. The first kappa shape index (κ1) is 21.2. The summed E-state index contributed by atoms with van der Waals surface area (Å²) >= 11 is 1.47. The fourth-order valence-corrected chi connectivity index (χ4v) is 4.71. The van der Waals surface area contributed by atoms with Gasteiger partial charge in [-0.25, -0.2) is 0 Å². The van der Waals surface area contributed by atoms with Crippen LogP contribution < -0.4 is 10.1 Å². The molecule has 0 unspecified atom stereocenters. The molecule has 162 valence electrons. The van der Waals surface area contributed by atoms with Crippen LogP contribution in [-0.4, -0.2) is 41.0 Å². The SMILES string of the molecule is CCOc1ccc(CNC(=O)C2CCN(C(=O)c3sccc3-n3cccc3)CC2)cc1. The van der Waals surface area contributed by atoms with Crippen LogP contribution in [0.25, 0.3) is 5.69 Å². The van der Waals surface area contributed by atoms with Crippen LogP contribution in [0.3, 0.4) is 0 Å². The Kier molecular flexibility index (Phi) is 6.72. The first-order valence-corrected chi connectivity index (χ1v) is 11.5. The van der Waals surface area contributed by atoms with Gasteiger partial charge in [-0.1, -0.05) is 12.1 Å². The first-order chi connectivity index (χ1) is 15.2. The van der Waals surface area contributed by atoms with E-state index in [4.69, 9.17) is 4.74 Å². The van der Waals surface area contributed by atoms with Gasteiger partial charge in [0.1, 0.15) is 10.6 Å². The van der Waals surface area contributed by atoms with E-state index >= 15 is 0 Å². The van der Waals surface area contributed by atoms with E-state index in [9.17, 15) is 9.59 Å². The van der Waals surface area contributed by atoms with Crippen LogP contribution in [-0.2, 0) is 11.3 Å². The van der Waals surface area contributed by atoms with Crippen LogP contribution in [0.1, 0.15) is 35.0 Å². The zero-order valence-corrected chi connectivity index (χ0v) is 18.4. The molecule has 2 amide bonds. The number of likely N-dealkylation sites (tertiary alicyclic amines) is 1. The molecule has 7 heteroatoms. The summed E-state index contributed by atoms with van der Waals surface area (Å²) < 4.78 is 7.41. The Labute approximate surface area is 186 Å². The van der Waals surface area contributed by atoms with Crippen LogP contribution in [0.2, 0.25) is 0 Å². The summed E-state index contributed by atoms with van der Waals surface area (Å²) in [6.07, 6.45) is 5.26. The molecule has 1 aliphatic heterocycles. The Hall–Kier alpha value is -3.06. The predicted octanol–water partition coefficient (Wildman–Crippen LogP) is 4.11. The van der Waals surface area contributed by atoms with Crippen LogP contribution in [0.4, 0.5) is 0 Å². The molecule has 3 heterocycles. The molecule has 0 saturated carbocycles. The van der Waals surface area contributed by atoms with Crippen molar-refractivity contribution in [3.05, 3.63) is 70.7 Å². The Morgan fingerprint density at radius 1 is 1.10 bits per heavy atom. The number of nitrogens with zero attached hydrogens (tertiary/aromatic N) is 2. The molecule has 1 aromatic carbocycles. The van der Waals surface area contributed by atoms with Crippen molar-refractivity contribution in [2.75, 3.05) is 19.7 Å². The van der Waals surface area contributed by atoms with Crippen molar-refractivity contribution in [2.45, 2.75) is 26.3 Å². The van der Waals surface area contributed by atoms with Gasteiger partial charge in [-0.05, 0) is 61.0 Å². The van der Waals surface area contributed by atoms with Crippen molar-refractivity contribution in [3.8, 4) is 11.4 Å². The van der Waals surface area contributed by atoms with Gasteiger partial charge in [0, 0.05) is 37.9 Å². The van der Waals surface area contributed by atoms with Gasteiger partial charge >= 0.3 is 0 Å². The van der Waals surface area contributed by atoms with Crippen molar-refractivity contribution in [3.63, 3.8) is 0 Å². The summed E-state index contributed by atoms with van der Waals surface area (Å²) in [5.41, 5.74) is 1.95. The topological polar surface area (TPSA) is 63.6 Å². The maximum atomic E-state index is 13.1. The number of carbonyl (C=O) groups excluding carboxylic acids is 2. The summed E-state index contributed by atoms with van der Waals surface area (Å²) in [7, 11) is 0. The number of aromatic nitrogens is 1. The average molecular weight is 438 g/mol. The van der Waals surface area contributed by atoms with Crippen molar-refractivity contribution < 1.29 is 14.3 Å². The third-order valence-electron chi connectivity index (χ3n) is 5.58. The highest BCUT2D eigenvalue weighted by Gasteiger charge is 2.29. The van der Waals surface area contributed by atoms with Gasteiger partial charge in [-0.15, -0.1) is 11.3 Å². The zero-order valence-electron chi connectivity index (χ0n) is 17.6. The van der Waals surface area contributed by atoms with Crippen molar-refractivity contribution >= 4 is 23.2 Å². The Balaban J connectivity index is 1.28. The molecule has 1 saturated heterocycles. The Bertz CT molecular complexity index is 1000. The van der Waals surface area contributed by atoms with Gasteiger partial charge in [-0.3, -0.25) is 9.59 Å². The van der Waals surface area contributed by atoms with Crippen molar-refractivity contribution in [1.29, 1.82) is 0 Å². The number of carbonyl (C=O) groups is 2. The van der Waals surface area contributed by atoms with E-state index in [0.29, 0.717) is 39.1 Å². The number of thiophene rings is 1. The lowest BCUT2D eigenvalue weighted by molar-refractivity contribution is -0.126. The number of amides is 2. The molecule has 31 heavy (non-hydrogen) atoms. The minimum Gasteiger partial charge on any atom is -0.494 e. The average Bonchev–Trinajstić information content (AvgIpc) is 3.50. The fraction of sp³-hybridized carbons (Fsp3) is 0.333. The number of rotatable bonds is 7.